The number of nitrogen functional groups attached to an aromatic ring is 1. The summed E-state index contributed by atoms with van der Waals surface area (Å²) in [7, 11) is 0. The quantitative estimate of drug-likeness (QED) is 0.802. The second-order valence-corrected chi connectivity index (χ2v) is 3.49. The zero-order chi connectivity index (χ0) is 11.4. The van der Waals surface area contributed by atoms with E-state index in [1.807, 2.05) is 12.1 Å². The first-order valence-corrected chi connectivity index (χ1v) is 4.97. The first-order chi connectivity index (χ1) is 7.74. The normalized spacial score (nSPS) is 10.1. The van der Waals surface area contributed by atoms with E-state index >= 15 is 0 Å². The zero-order valence-corrected chi connectivity index (χ0v) is 8.69. The van der Waals surface area contributed by atoms with Gasteiger partial charge >= 0.3 is 0 Å². The molecule has 0 aliphatic carbocycles. The van der Waals surface area contributed by atoms with Crippen LogP contribution in [0.2, 0.25) is 0 Å². The zero-order valence-electron chi connectivity index (χ0n) is 8.69. The minimum atomic E-state index is -0.243. The second kappa shape index (κ2) is 4.66. The molecule has 0 bridgehead atoms. The van der Waals surface area contributed by atoms with Crippen molar-refractivity contribution in [1.29, 1.82) is 0 Å². The lowest BCUT2D eigenvalue weighted by Gasteiger charge is -2.06. The molecule has 0 aliphatic rings. The predicted octanol–water partition coefficient (Wildman–Crippen LogP) is 2.99. The fraction of sp³-hybridized carbons (Fsp3) is 0.0769. The highest BCUT2D eigenvalue weighted by Gasteiger charge is 1.97. The van der Waals surface area contributed by atoms with Gasteiger partial charge in [0.2, 0.25) is 0 Å². The Bertz CT molecular complexity index is 468. The van der Waals surface area contributed by atoms with Gasteiger partial charge in [-0.1, -0.05) is 18.2 Å². The maximum Gasteiger partial charge on any atom is 0.123 e. The van der Waals surface area contributed by atoms with Gasteiger partial charge in [-0.15, -0.1) is 0 Å². The minimum Gasteiger partial charge on any atom is -0.489 e. The standard InChI is InChI=1S/C13H12FNO/c14-11-6-4-10(5-7-11)9-16-13-3-1-2-12(15)8-13/h1-8H,9,15H2. The lowest BCUT2D eigenvalue weighted by Crippen LogP contribution is -1.96. The Kier molecular flexibility index (Phi) is 3.05. The smallest absolute Gasteiger partial charge is 0.123 e. The van der Waals surface area contributed by atoms with Crippen molar-refractivity contribution in [3.8, 4) is 5.75 Å². The fourth-order valence-corrected chi connectivity index (χ4v) is 1.35. The Morgan fingerprint density at radius 1 is 1.06 bits per heavy atom. The number of benzene rings is 2. The molecule has 2 aromatic carbocycles. The van der Waals surface area contributed by atoms with E-state index < -0.39 is 0 Å². The summed E-state index contributed by atoms with van der Waals surface area (Å²) in [5.41, 5.74) is 7.20. The van der Waals surface area contributed by atoms with Crippen LogP contribution in [0.25, 0.3) is 0 Å². The van der Waals surface area contributed by atoms with Crippen LogP contribution in [0.5, 0.6) is 5.75 Å². The van der Waals surface area contributed by atoms with Crippen LogP contribution in [-0.2, 0) is 6.61 Å². The molecule has 0 spiro atoms. The molecule has 3 heteroatoms. The van der Waals surface area contributed by atoms with E-state index in [0.717, 1.165) is 5.56 Å². The summed E-state index contributed by atoms with van der Waals surface area (Å²) in [5.74, 6) is 0.469. The monoisotopic (exact) mass is 217 g/mol. The van der Waals surface area contributed by atoms with Crippen LogP contribution in [0.4, 0.5) is 10.1 Å². The minimum absolute atomic E-state index is 0.243. The van der Waals surface area contributed by atoms with Crippen molar-refractivity contribution in [2.75, 3.05) is 5.73 Å². The molecule has 2 aromatic rings. The molecule has 0 radical (unpaired) electrons. The van der Waals surface area contributed by atoms with Gasteiger partial charge < -0.3 is 10.5 Å². The third-order valence-corrected chi connectivity index (χ3v) is 2.18. The molecule has 0 aliphatic heterocycles. The van der Waals surface area contributed by atoms with Gasteiger partial charge in [0, 0.05) is 11.8 Å². The first kappa shape index (κ1) is 10.5. The summed E-state index contributed by atoms with van der Waals surface area (Å²) < 4.78 is 18.2. The molecule has 0 atom stereocenters. The van der Waals surface area contributed by atoms with Crippen molar-refractivity contribution >= 4 is 5.69 Å². The molecule has 0 heterocycles. The maximum atomic E-state index is 12.6. The Morgan fingerprint density at radius 2 is 1.81 bits per heavy atom. The molecule has 16 heavy (non-hydrogen) atoms. The fourth-order valence-electron chi connectivity index (χ4n) is 1.35. The predicted molar refractivity (Wildman–Crippen MR) is 61.6 cm³/mol. The van der Waals surface area contributed by atoms with Gasteiger partial charge in [0.25, 0.3) is 0 Å². The molecule has 2 rings (SSSR count). The Morgan fingerprint density at radius 3 is 2.50 bits per heavy atom. The molecule has 0 saturated carbocycles. The van der Waals surface area contributed by atoms with Crippen LogP contribution in [0.1, 0.15) is 5.56 Å². The number of anilines is 1. The van der Waals surface area contributed by atoms with Crippen LogP contribution < -0.4 is 10.5 Å². The molecule has 0 saturated heterocycles. The number of halogens is 1. The summed E-state index contributed by atoms with van der Waals surface area (Å²) in [6, 6.07) is 13.4. The van der Waals surface area contributed by atoms with Gasteiger partial charge in [0.05, 0.1) is 0 Å². The molecular formula is C13H12FNO. The maximum absolute atomic E-state index is 12.6. The second-order valence-electron chi connectivity index (χ2n) is 3.49. The lowest BCUT2D eigenvalue weighted by atomic mass is 10.2. The summed E-state index contributed by atoms with van der Waals surface area (Å²) in [5, 5.41) is 0. The molecule has 0 aromatic heterocycles. The van der Waals surface area contributed by atoms with E-state index in [9.17, 15) is 4.39 Å². The van der Waals surface area contributed by atoms with Crippen molar-refractivity contribution < 1.29 is 9.13 Å². The number of hydrogen-bond donors (Lipinski definition) is 1. The number of rotatable bonds is 3. The Hall–Kier alpha value is -2.03. The van der Waals surface area contributed by atoms with E-state index in [0.29, 0.717) is 18.0 Å². The largest absolute Gasteiger partial charge is 0.489 e. The van der Waals surface area contributed by atoms with E-state index in [4.69, 9.17) is 10.5 Å². The average molecular weight is 217 g/mol. The van der Waals surface area contributed by atoms with Gasteiger partial charge in [0.1, 0.15) is 18.2 Å². The van der Waals surface area contributed by atoms with Crippen molar-refractivity contribution in [3.63, 3.8) is 0 Å². The van der Waals surface area contributed by atoms with Crippen molar-refractivity contribution in [2.45, 2.75) is 6.61 Å². The van der Waals surface area contributed by atoms with E-state index in [2.05, 4.69) is 0 Å². The third-order valence-electron chi connectivity index (χ3n) is 2.18. The van der Waals surface area contributed by atoms with Crippen molar-refractivity contribution in [1.82, 2.24) is 0 Å². The van der Waals surface area contributed by atoms with Crippen LogP contribution in [-0.4, -0.2) is 0 Å². The van der Waals surface area contributed by atoms with Crippen LogP contribution >= 0.6 is 0 Å². The SMILES string of the molecule is Nc1cccc(OCc2ccc(F)cc2)c1. The van der Waals surface area contributed by atoms with Crippen LogP contribution in [0, 0.1) is 5.82 Å². The molecule has 0 amide bonds. The topological polar surface area (TPSA) is 35.2 Å². The van der Waals surface area contributed by atoms with Gasteiger partial charge in [-0.3, -0.25) is 0 Å². The van der Waals surface area contributed by atoms with Crippen molar-refractivity contribution in [3.05, 3.63) is 59.9 Å². The Balaban J connectivity index is 1.99. The molecule has 2 N–H and O–H groups in total. The summed E-state index contributed by atoms with van der Waals surface area (Å²) in [6.45, 7) is 0.406. The summed E-state index contributed by atoms with van der Waals surface area (Å²) >= 11 is 0. The molecule has 0 unspecified atom stereocenters. The lowest BCUT2D eigenvalue weighted by molar-refractivity contribution is 0.306. The van der Waals surface area contributed by atoms with Gasteiger partial charge in [-0.2, -0.15) is 0 Å². The molecule has 2 nitrogen and oxygen atoms in total. The average Bonchev–Trinajstić information content (AvgIpc) is 2.28. The Labute approximate surface area is 93.5 Å². The molecule has 0 fully saturated rings. The number of nitrogens with two attached hydrogens (primary N) is 1. The van der Waals surface area contributed by atoms with Gasteiger partial charge in [-0.25, -0.2) is 4.39 Å². The highest BCUT2D eigenvalue weighted by molar-refractivity contribution is 5.43. The van der Waals surface area contributed by atoms with Crippen LogP contribution in [0.3, 0.4) is 0 Å². The number of ether oxygens (including phenoxy) is 1. The van der Waals surface area contributed by atoms with Gasteiger partial charge in [0.15, 0.2) is 0 Å². The van der Waals surface area contributed by atoms with Crippen LogP contribution in [0.15, 0.2) is 48.5 Å². The highest BCUT2D eigenvalue weighted by atomic mass is 19.1. The molecular weight excluding hydrogens is 205 g/mol. The first-order valence-electron chi connectivity index (χ1n) is 4.97. The van der Waals surface area contributed by atoms with Crippen molar-refractivity contribution in [2.24, 2.45) is 0 Å². The number of hydrogen-bond acceptors (Lipinski definition) is 2. The molecule has 82 valence electrons. The summed E-state index contributed by atoms with van der Waals surface area (Å²) in [6.07, 6.45) is 0. The summed E-state index contributed by atoms with van der Waals surface area (Å²) in [4.78, 5) is 0. The van der Waals surface area contributed by atoms with E-state index in [-0.39, 0.29) is 5.82 Å². The highest BCUT2D eigenvalue weighted by Crippen LogP contribution is 2.16. The third kappa shape index (κ3) is 2.73. The van der Waals surface area contributed by atoms with E-state index in [1.165, 1.54) is 12.1 Å². The van der Waals surface area contributed by atoms with E-state index in [1.54, 1.807) is 24.3 Å². The van der Waals surface area contributed by atoms with Gasteiger partial charge in [-0.05, 0) is 29.8 Å².